The number of aryl methyl sites for hydroxylation is 1. The summed E-state index contributed by atoms with van der Waals surface area (Å²) >= 11 is 1.61. The van der Waals surface area contributed by atoms with E-state index in [9.17, 15) is 4.79 Å². The third-order valence-electron chi connectivity index (χ3n) is 2.93. The van der Waals surface area contributed by atoms with Crippen LogP contribution in [0, 0.1) is 18.3 Å². The first-order chi connectivity index (χ1) is 8.73. The normalized spacial score (nSPS) is 13.4. The van der Waals surface area contributed by atoms with Crippen LogP contribution in [-0.2, 0) is 11.3 Å². The van der Waals surface area contributed by atoms with Crippen LogP contribution in [0.15, 0.2) is 5.38 Å². The average molecular weight is 283 g/mol. The Kier molecular flexibility index (Phi) is 5.50. The zero-order valence-electron chi connectivity index (χ0n) is 12.6. The van der Waals surface area contributed by atoms with E-state index in [2.05, 4.69) is 25.8 Å². The van der Waals surface area contributed by atoms with Crippen molar-refractivity contribution in [1.29, 1.82) is 0 Å². The van der Waals surface area contributed by atoms with Gasteiger partial charge in [-0.2, -0.15) is 0 Å². The Labute approximate surface area is 120 Å². The van der Waals surface area contributed by atoms with Crippen molar-refractivity contribution in [2.75, 3.05) is 13.6 Å². The molecule has 0 fully saturated rings. The zero-order chi connectivity index (χ0) is 14.6. The van der Waals surface area contributed by atoms with Gasteiger partial charge >= 0.3 is 0 Å². The van der Waals surface area contributed by atoms with Crippen LogP contribution in [0.25, 0.3) is 0 Å². The van der Waals surface area contributed by atoms with Crippen molar-refractivity contribution >= 4 is 17.2 Å². The quantitative estimate of drug-likeness (QED) is 0.903. The summed E-state index contributed by atoms with van der Waals surface area (Å²) in [6.45, 7) is 9.32. The molecule has 0 saturated carbocycles. The van der Waals surface area contributed by atoms with Crippen molar-refractivity contribution < 1.29 is 4.79 Å². The molecule has 0 bridgehead atoms. The largest absolute Gasteiger partial charge is 0.340 e. The fourth-order valence-electron chi connectivity index (χ4n) is 2.12. The number of carbonyl (C=O) groups excluding carboxylic acids is 1. The zero-order valence-corrected chi connectivity index (χ0v) is 13.4. The molecular weight excluding hydrogens is 258 g/mol. The Bertz CT molecular complexity index is 423. The maximum atomic E-state index is 12.4. The maximum Gasteiger partial charge on any atom is 0.227 e. The van der Waals surface area contributed by atoms with Crippen LogP contribution in [0.5, 0.6) is 0 Å². The molecule has 19 heavy (non-hydrogen) atoms. The summed E-state index contributed by atoms with van der Waals surface area (Å²) in [4.78, 5) is 18.5. The molecule has 1 heterocycles. The highest BCUT2D eigenvalue weighted by Crippen LogP contribution is 2.25. The second-order valence-corrected chi connectivity index (χ2v) is 7.31. The van der Waals surface area contributed by atoms with Gasteiger partial charge in [0.2, 0.25) is 5.91 Å². The molecule has 1 aromatic heterocycles. The van der Waals surface area contributed by atoms with Crippen molar-refractivity contribution in [2.24, 2.45) is 17.1 Å². The fraction of sp³-hybridized carbons (Fsp3) is 0.714. The number of rotatable bonds is 5. The summed E-state index contributed by atoms with van der Waals surface area (Å²) in [5, 5.41) is 3.03. The molecular formula is C14H25N3OS. The van der Waals surface area contributed by atoms with Crippen LogP contribution >= 0.6 is 11.3 Å². The third kappa shape index (κ3) is 5.28. The first kappa shape index (κ1) is 16.1. The van der Waals surface area contributed by atoms with Gasteiger partial charge in [0, 0.05) is 19.0 Å². The summed E-state index contributed by atoms with van der Waals surface area (Å²) in [5.74, 6) is 0.00723. The van der Waals surface area contributed by atoms with Crippen LogP contribution in [0.4, 0.5) is 0 Å². The van der Waals surface area contributed by atoms with Gasteiger partial charge in [-0.25, -0.2) is 4.98 Å². The number of aromatic nitrogens is 1. The van der Waals surface area contributed by atoms with E-state index in [4.69, 9.17) is 5.73 Å². The molecule has 1 unspecified atom stereocenters. The van der Waals surface area contributed by atoms with Gasteiger partial charge in [0.1, 0.15) is 0 Å². The van der Waals surface area contributed by atoms with Crippen LogP contribution < -0.4 is 5.73 Å². The Hall–Kier alpha value is -0.940. The molecule has 5 heteroatoms. The van der Waals surface area contributed by atoms with E-state index in [0.29, 0.717) is 13.1 Å². The minimum absolute atomic E-state index is 0.107. The van der Waals surface area contributed by atoms with E-state index < -0.39 is 0 Å². The fourth-order valence-corrected chi connectivity index (χ4v) is 2.73. The number of nitrogens with zero attached hydrogens (tertiary/aromatic N) is 2. The Morgan fingerprint density at radius 2 is 2.16 bits per heavy atom. The predicted octanol–water partition coefficient (Wildman–Crippen LogP) is 2.42. The highest BCUT2D eigenvalue weighted by Gasteiger charge is 2.26. The summed E-state index contributed by atoms with van der Waals surface area (Å²) < 4.78 is 0. The lowest BCUT2D eigenvalue weighted by molar-refractivity contribution is -0.135. The first-order valence-electron chi connectivity index (χ1n) is 6.59. The lowest BCUT2D eigenvalue weighted by Crippen LogP contribution is -2.38. The summed E-state index contributed by atoms with van der Waals surface area (Å²) in [6, 6.07) is 0. The second-order valence-electron chi connectivity index (χ2n) is 6.25. The Balaban J connectivity index is 2.64. The molecule has 0 aliphatic carbocycles. The Morgan fingerprint density at radius 3 is 2.58 bits per heavy atom. The SMILES string of the molecule is Cc1nc(CN(C)C(=O)C(CN)CC(C)(C)C)cs1. The minimum Gasteiger partial charge on any atom is -0.340 e. The average Bonchev–Trinajstić information content (AvgIpc) is 2.69. The van der Waals surface area contributed by atoms with E-state index in [1.807, 2.05) is 19.4 Å². The van der Waals surface area contributed by atoms with Crippen molar-refractivity contribution in [3.63, 3.8) is 0 Å². The molecule has 0 aliphatic rings. The molecule has 0 saturated heterocycles. The van der Waals surface area contributed by atoms with Gasteiger partial charge < -0.3 is 10.6 Å². The van der Waals surface area contributed by atoms with Crippen molar-refractivity contribution in [3.8, 4) is 0 Å². The first-order valence-corrected chi connectivity index (χ1v) is 7.47. The molecule has 0 spiro atoms. The molecule has 1 atom stereocenters. The van der Waals surface area contributed by atoms with Gasteiger partial charge in [0.25, 0.3) is 0 Å². The summed E-state index contributed by atoms with van der Waals surface area (Å²) in [5.41, 5.74) is 6.81. The second kappa shape index (κ2) is 6.48. The molecule has 2 N–H and O–H groups in total. The topological polar surface area (TPSA) is 59.2 Å². The van der Waals surface area contributed by atoms with Crippen molar-refractivity contribution in [1.82, 2.24) is 9.88 Å². The number of hydrogen-bond acceptors (Lipinski definition) is 4. The predicted molar refractivity (Wildman–Crippen MR) is 79.9 cm³/mol. The lowest BCUT2D eigenvalue weighted by Gasteiger charge is -2.27. The highest BCUT2D eigenvalue weighted by atomic mass is 32.1. The van der Waals surface area contributed by atoms with Gasteiger partial charge in [-0.05, 0) is 18.8 Å². The number of amides is 1. The van der Waals surface area contributed by atoms with Crippen LogP contribution in [0.2, 0.25) is 0 Å². The van der Waals surface area contributed by atoms with Gasteiger partial charge in [-0.3, -0.25) is 4.79 Å². The standard InChI is InChI=1S/C14H25N3OS/c1-10-16-12(9-19-10)8-17(5)13(18)11(7-15)6-14(2,3)4/h9,11H,6-8,15H2,1-5H3. The summed E-state index contributed by atoms with van der Waals surface area (Å²) in [7, 11) is 1.82. The molecule has 1 aromatic rings. The van der Waals surface area contributed by atoms with E-state index >= 15 is 0 Å². The highest BCUT2D eigenvalue weighted by molar-refractivity contribution is 7.09. The van der Waals surface area contributed by atoms with Gasteiger partial charge in [-0.15, -0.1) is 11.3 Å². The van der Waals surface area contributed by atoms with Crippen LogP contribution in [0.3, 0.4) is 0 Å². The number of nitrogens with two attached hydrogens (primary N) is 1. The number of carbonyl (C=O) groups is 1. The van der Waals surface area contributed by atoms with Crippen molar-refractivity contribution in [2.45, 2.75) is 40.7 Å². The minimum atomic E-state index is -0.107. The smallest absolute Gasteiger partial charge is 0.227 e. The molecule has 4 nitrogen and oxygen atoms in total. The molecule has 0 aromatic carbocycles. The number of hydrogen-bond donors (Lipinski definition) is 1. The van der Waals surface area contributed by atoms with Gasteiger partial charge in [-0.1, -0.05) is 20.8 Å². The van der Waals surface area contributed by atoms with E-state index in [1.54, 1.807) is 16.2 Å². The monoisotopic (exact) mass is 283 g/mol. The van der Waals surface area contributed by atoms with Crippen LogP contribution in [-0.4, -0.2) is 29.4 Å². The maximum absolute atomic E-state index is 12.4. The van der Waals surface area contributed by atoms with E-state index in [1.165, 1.54) is 0 Å². The molecule has 1 amide bonds. The van der Waals surface area contributed by atoms with Gasteiger partial charge in [0.05, 0.1) is 23.2 Å². The van der Waals surface area contributed by atoms with Gasteiger partial charge in [0.15, 0.2) is 0 Å². The molecule has 108 valence electrons. The molecule has 0 radical (unpaired) electrons. The molecule has 1 rings (SSSR count). The number of thiazole rings is 1. The van der Waals surface area contributed by atoms with E-state index in [-0.39, 0.29) is 17.2 Å². The van der Waals surface area contributed by atoms with Crippen LogP contribution in [0.1, 0.15) is 37.9 Å². The lowest BCUT2D eigenvalue weighted by atomic mass is 9.84. The summed E-state index contributed by atoms with van der Waals surface area (Å²) in [6.07, 6.45) is 0.808. The van der Waals surface area contributed by atoms with E-state index in [0.717, 1.165) is 17.1 Å². The molecule has 0 aliphatic heterocycles. The Morgan fingerprint density at radius 1 is 1.53 bits per heavy atom. The third-order valence-corrected chi connectivity index (χ3v) is 3.76. The van der Waals surface area contributed by atoms with Crippen molar-refractivity contribution in [3.05, 3.63) is 16.1 Å².